The molecule has 0 saturated carbocycles. The third kappa shape index (κ3) is 4.40. The van der Waals surface area contributed by atoms with E-state index < -0.39 is 0 Å². The van der Waals surface area contributed by atoms with Crippen LogP contribution in [0.4, 0.5) is 0 Å². The fourth-order valence-electron chi connectivity index (χ4n) is 1.67. The third-order valence-electron chi connectivity index (χ3n) is 2.18. The molecule has 1 aromatic heterocycles. The second-order valence-corrected chi connectivity index (χ2v) is 4.10. The predicted octanol–water partition coefficient (Wildman–Crippen LogP) is -0.103. The van der Waals surface area contributed by atoms with Crippen molar-refractivity contribution in [2.24, 2.45) is 7.05 Å². The molecule has 0 aromatic carbocycles. The first-order chi connectivity index (χ1) is 7.11. The minimum Gasteiger partial charge on any atom is -0.313 e. The molecule has 0 spiro atoms. The SMILES string of the molecule is CCNC(Cc1cn(C)nn1)CN(C)C. The van der Waals surface area contributed by atoms with Crippen LogP contribution in [0.2, 0.25) is 0 Å². The van der Waals surface area contributed by atoms with E-state index in [9.17, 15) is 0 Å². The number of rotatable bonds is 6. The number of aryl methyl sites for hydroxylation is 1. The van der Waals surface area contributed by atoms with Gasteiger partial charge in [-0.1, -0.05) is 12.1 Å². The molecule has 15 heavy (non-hydrogen) atoms. The molecule has 0 aliphatic carbocycles. The number of nitrogens with one attached hydrogen (secondary N) is 1. The lowest BCUT2D eigenvalue weighted by molar-refractivity contribution is 0.338. The zero-order valence-corrected chi connectivity index (χ0v) is 10.1. The Morgan fingerprint density at radius 1 is 1.53 bits per heavy atom. The number of nitrogens with zero attached hydrogens (tertiary/aromatic N) is 4. The monoisotopic (exact) mass is 211 g/mol. The third-order valence-corrected chi connectivity index (χ3v) is 2.18. The fourth-order valence-corrected chi connectivity index (χ4v) is 1.67. The highest BCUT2D eigenvalue weighted by Gasteiger charge is 2.11. The van der Waals surface area contributed by atoms with E-state index >= 15 is 0 Å². The molecule has 0 amide bonds. The van der Waals surface area contributed by atoms with Crippen LogP contribution in [-0.4, -0.2) is 53.1 Å². The maximum absolute atomic E-state index is 4.10. The molecule has 0 bridgehead atoms. The van der Waals surface area contributed by atoms with Gasteiger partial charge in [0, 0.05) is 32.3 Å². The maximum Gasteiger partial charge on any atom is 0.0843 e. The van der Waals surface area contributed by atoms with Crippen LogP contribution in [0.25, 0.3) is 0 Å². The van der Waals surface area contributed by atoms with Crippen molar-refractivity contribution >= 4 is 0 Å². The predicted molar refractivity (Wildman–Crippen MR) is 60.7 cm³/mol. The van der Waals surface area contributed by atoms with Gasteiger partial charge in [0.1, 0.15) is 0 Å². The second kappa shape index (κ2) is 5.82. The zero-order valence-electron chi connectivity index (χ0n) is 10.1. The van der Waals surface area contributed by atoms with Gasteiger partial charge in [0.25, 0.3) is 0 Å². The normalized spacial score (nSPS) is 13.4. The minimum atomic E-state index is 0.446. The summed E-state index contributed by atoms with van der Waals surface area (Å²) in [5, 5.41) is 11.5. The van der Waals surface area contributed by atoms with Crippen molar-refractivity contribution in [3.63, 3.8) is 0 Å². The lowest BCUT2D eigenvalue weighted by atomic mass is 10.1. The van der Waals surface area contributed by atoms with Crippen LogP contribution in [0, 0.1) is 0 Å². The van der Waals surface area contributed by atoms with Crippen molar-refractivity contribution in [2.75, 3.05) is 27.2 Å². The number of hydrogen-bond donors (Lipinski definition) is 1. The molecule has 0 aliphatic heterocycles. The summed E-state index contributed by atoms with van der Waals surface area (Å²) in [6.45, 7) is 4.13. The van der Waals surface area contributed by atoms with Crippen molar-refractivity contribution in [3.05, 3.63) is 11.9 Å². The molecule has 5 nitrogen and oxygen atoms in total. The topological polar surface area (TPSA) is 46.0 Å². The summed E-state index contributed by atoms with van der Waals surface area (Å²) >= 11 is 0. The van der Waals surface area contributed by atoms with Gasteiger partial charge in [-0.05, 0) is 20.6 Å². The summed E-state index contributed by atoms with van der Waals surface area (Å²) in [6, 6.07) is 0.446. The highest BCUT2D eigenvalue weighted by atomic mass is 15.4. The van der Waals surface area contributed by atoms with Gasteiger partial charge in [-0.3, -0.25) is 4.68 Å². The largest absolute Gasteiger partial charge is 0.313 e. The van der Waals surface area contributed by atoms with E-state index in [-0.39, 0.29) is 0 Å². The van der Waals surface area contributed by atoms with Gasteiger partial charge in [0.05, 0.1) is 5.69 Å². The van der Waals surface area contributed by atoms with Crippen molar-refractivity contribution in [2.45, 2.75) is 19.4 Å². The minimum absolute atomic E-state index is 0.446. The Kier molecular flexibility index (Phi) is 4.71. The number of hydrogen-bond acceptors (Lipinski definition) is 4. The summed E-state index contributed by atoms with van der Waals surface area (Å²) in [4.78, 5) is 2.18. The molecule has 86 valence electrons. The van der Waals surface area contributed by atoms with Crippen LogP contribution < -0.4 is 5.32 Å². The second-order valence-electron chi connectivity index (χ2n) is 4.10. The van der Waals surface area contributed by atoms with Gasteiger partial charge in [-0.2, -0.15) is 0 Å². The van der Waals surface area contributed by atoms with Crippen LogP contribution in [0.3, 0.4) is 0 Å². The molecular formula is C10H21N5. The fraction of sp³-hybridized carbons (Fsp3) is 0.800. The Morgan fingerprint density at radius 3 is 2.73 bits per heavy atom. The quantitative estimate of drug-likeness (QED) is 0.713. The summed E-state index contributed by atoms with van der Waals surface area (Å²) in [5.41, 5.74) is 1.05. The summed E-state index contributed by atoms with van der Waals surface area (Å²) < 4.78 is 1.74. The van der Waals surface area contributed by atoms with E-state index in [1.54, 1.807) is 4.68 Å². The summed E-state index contributed by atoms with van der Waals surface area (Å²) in [7, 11) is 6.06. The molecule has 1 atom stereocenters. The lowest BCUT2D eigenvalue weighted by Crippen LogP contribution is -2.39. The molecule has 0 fully saturated rings. The molecule has 1 unspecified atom stereocenters. The van der Waals surface area contributed by atoms with Crippen LogP contribution in [-0.2, 0) is 13.5 Å². The number of aromatic nitrogens is 3. The molecule has 0 saturated heterocycles. The first-order valence-corrected chi connectivity index (χ1v) is 5.35. The molecular weight excluding hydrogens is 190 g/mol. The lowest BCUT2D eigenvalue weighted by Gasteiger charge is -2.20. The molecule has 0 radical (unpaired) electrons. The van der Waals surface area contributed by atoms with Crippen molar-refractivity contribution in [1.82, 2.24) is 25.2 Å². The van der Waals surface area contributed by atoms with Crippen molar-refractivity contribution in [1.29, 1.82) is 0 Å². The summed E-state index contributed by atoms with van der Waals surface area (Å²) in [6.07, 6.45) is 2.90. The Balaban J connectivity index is 2.50. The van der Waals surface area contributed by atoms with Gasteiger partial charge in [-0.25, -0.2) is 0 Å². The Bertz CT molecular complexity index is 281. The van der Waals surface area contributed by atoms with Gasteiger partial charge in [-0.15, -0.1) is 5.10 Å². The van der Waals surface area contributed by atoms with E-state index in [0.29, 0.717) is 6.04 Å². The van der Waals surface area contributed by atoms with Crippen LogP contribution >= 0.6 is 0 Å². The van der Waals surface area contributed by atoms with Crippen molar-refractivity contribution < 1.29 is 0 Å². The average Bonchev–Trinajstić information content (AvgIpc) is 2.50. The number of likely N-dealkylation sites (N-methyl/N-ethyl adjacent to an activating group) is 2. The van der Waals surface area contributed by atoms with Crippen LogP contribution in [0.15, 0.2) is 6.20 Å². The highest BCUT2D eigenvalue weighted by Crippen LogP contribution is 1.99. The molecule has 1 heterocycles. The summed E-state index contributed by atoms with van der Waals surface area (Å²) in [5.74, 6) is 0. The Hall–Kier alpha value is -0.940. The standard InChI is InChI=1S/C10H21N5/c1-5-11-9(7-14(2)3)6-10-8-15(4)13-12-10/h8-9,11H,5-7H2,1-4H3. The molecule has 5 heteroatoms. The van der Waals surface area contributed by atoms with E-state index in [1.165, 1.54) is 0 Å². The average molecular weight is 211 g/mol. The van der Waals surface area contributed by atoms with Gasteiger partial charge in [0.2, 0.25) is 0 Å². The van der Waals surface area contributed by atoms with E-state index in [1.807, 2.05) is 13.2 Å². The molecule has 1 N–H and O–H groups in total. The van der Waals surface area contributed by atoms with Crippen molar-refractivity contribution in [3.8, 4) is 0 Å². The zero-order chi connectivity index (χ0) is 11.3. The molecule has 0 aliphatic rings. The van der Waals surface area contributed by atoms with Gasteiger partial charge < -0.3 is 10.2 Å². The van der Waals surface area contributed by atoms with E-state index in [2.05, 4.69) is 41.5 Å². The first kappa shape index (κ1) is 12.1. The Labute approximate surface area is 91.5 Å². The smallest absolute Gasteiger partial charge is 0.0843 e. The maximum atomic E-state index is 4.10. The van der Waals surface area contributed by atoms with Crippen LogP contribution in [0.1, 0.15) is 12.6 Å². The first-order valence-electron chi connectivity index (χ1n) is 5.35. The van der Waals surface area contributed by atoms with Crippen LogP contribution in [0.5, 0.6) is 0 Å². The van der Waals surface area contributed by atoms with E-state index in [0.717, 1.165) is 25.2 Å². The molecule has 1 aromatic rings. The van der Waals surface area contributed by atoms with E-state index in [4.69, 9.17) is 0 Å². The Morgan fingerprint density at radius 2 is 2.27 bits per heavy atom. The van der Waals surface area contributed by atoms with Gasteiger partial charge in [0.15, 0.2) is 0 Å². The molecule has 1 rings (SSSR count). The highest BCUT2D eigenvalue weighted by molar-refractivity contribution is 4.96. The van der Waals surface area contributed by atoms with Gasteiger partial charge >= 0.3 is 0 Å².